The van der Waals surface area contributed by atoms with E-state index in [1.54, 1.807) is 0 Å². The van der Waals surface area contributed by atoms with E-state index < -0.39 is 0 Å². The summed E-state index contributed by atoms with van der Waals surface area (Å²) >= 11 is 0. The molecule has 0 aliphatic carbocycles. The zero-order valence-corrected chi connectivity index (χ0v) is 30.8. The Morgan fingerprint density at radius 2 is 0.625 bits per heavy atom. The van der Waals surface area contributed by atoms with Gasteiger partial charge < -0.3 is 0 Å². The highest BCUT2D eigenvalue weighted by Crippen LogP contribution is 2.50. The third kappa shape index (κ3) is 5.22. The summed E-state index contributed by atoms with van der Waals surface area (Å²) in [5, 5.41) is 12.5. The van der Waals surface area contributed by atoms with Crippen LogP contribution in [0.15, 0.2) is 218 Å². The zero-order valence-electron chi connectivity index (χ0n) is 30.8. The van der Waals surface area contributed by atoms with Crippen LogP contribution in [0.4, 0.5) is 0 Å². The van der Waals surface area contributed by atoms with Crippen LogP contribution >= 0.6 is 0 Å². The van der Waals surface area contributed by atoms with Crippen molar-refractivity contribution in [1.82, 2.24) is 0 Å². The van der Waals surface area contributed by atoms with Crippen molar-refractivity contribution in [3.05, 3.63) is 218 Å². The molecule has 11 aromatic rings. The number of fused-ring (bicyclic) bond motifs is 5. The monoisotopic (exact) mass is 708 g/mol. The van der Waals surface area contributed by atoms with Gasteiger partial charge in [-0.1, -0.05) is 212 Å². The van der Waals surface area contributed by atoms with Gasteiger partial charge in [0.05, 0.1) is 0 Å². The van der Waals surface area contributed by atoms with Gasteiger partial charge >= 0.3 is 0 Å². The molecule has 0 saturated carbocycles. The quantitative estimate of drug-likeness (QED) is 0.156. The van der Waals surface area contributed by atoms with Crippen LogP contribution in [0.25, 0.3) is 109 Å². The molecule has 0 N–H and O–H groups in total. The lowest BCUT2D eigenvalue weighted by molar-refractivity contribution is 1.61. The molecule has 0 heteroatoms. The lowest BCUT2D eigenvalue weighted by Gasteiger charge is -2.22. The van der Waals surface area contributed by atoms with Crippen molar-refractivity contribution in [2.75, 3.05) is 0 Å². The molecule has 11 aromatic carbocycles. The first-order valence-corrected chi connectivity index (χ1v) is 19.4. The minimum atomic E-state index is 1.20. The Morgan fingerprint density at radius 1 is 0.196 bits per heavy atom. The molecule has 11 rings (SSSR count). The van der Waals surface area contributed by atoms with Crippen LogP contribution in [0.1, 0.15) is 0 Å². The van der Waals surface area contributed by atoms with E-state index in [-0.39, 0.29) is 0 Å². The molecule has 0 nitrogen and oxygen atoms in total. The summed E-state index contributed by atoms with van der Waals surface area (Å²) < 4.78 is 0. The zero-order chi connectivity index (χ0) is 37.0. The average Bonchev–Trinajstić information content (AvgIpc) is 3.27. The SMILES string of the molecule is c1ccc(-c2c3ccccc3c(-c3cccc4ccccc34)c3cccc(-c4ccc(-c5cccc6ccccc56)cc4)c23)c(-c2ccc3ccccc3c2)c1. The molecule has 0 fully saturated rings. The second kappa shape index (κ2) is 13.2. The fourth-order valence-corrected chi connectivity index (χ4v) is 9.10. The summed E-state index contributed by atoms with van der Waals surface area (Å²) in [5.74, 6) is 0. The van der Waals surface area contributed by atoms with Gasteiger partial charge in [0.15, 0.2) is 0 Å². The highest BCUT2D eigenvalue weighted by Gasteiger charge is 2.22. The molecule has 0 amide bonds. The van der Waals surface area contributed by atoms with Crippen molar-refractivity contribution in [2.24, 2.45) is 0 Å². The van der Waals surface area contributed by atoms with E-state index in [4.69, 9.17) is 0 Å². The highest BCUT2D eigenvalue weighted by molar-refractivity contribution is 6.27. The second-order valence-corrected chi connectivity index (χ2v) is 14.8. The van der Waals surface area contributed by atoms with E-state index in [0.717, 1.165) is 0 Å². The third-order valence-electron chi connectivity index (χ3n) is 11.7. The van der Waals surface area contributed by atoms with Gasteiger partial charge in [0.1, 0.15) is 0 Å². The van der Waals surface area contributed by atoms with E-state index in [9.17, 15) is 0 Å². The number of hydrogen-bond acceptors (Lipinski definition) is 0. The van der Waals surface area contributed by atoms with Crippen molar-refractivity contribution >= 4 is 53.9 Å². The van der Waals surface area contributed by atoms with Crippen LogP contribution in [0.2, 0.25) is 0 Å². The molecule has 0 heterocycles. The van der Waals surface area contributed by atoms with E-state index in [1.165, 1.54) is 109 Å². The summed E-state index contributed by atoms with van der Waals surface area (Å²) in [4.78, 5) is 0. The lowest BCUT2D eigenvalue weighted by Crippen LogP contribution is -1.95. The number of rotatable bonds is 5. The van der Waals surface area contributed by atoms with Crippen LogP contribution in [0.5, 0.6) is 0 Å². The third-order valence-corrected chi connectivity index (χ3v) is 11.7. The van der Waals surface area contributed by atoms with E-state index >= 15 is 0 Å². The molecule has 0 unspecified atom stereocenters. The van der Waals surface area contributed by atoms with Gasteiger partial charge in [-0.05, 0) is 116 Å². The van der Waals surface area contributed by atoms with E-state index in [0.29, 0.717) is 0 Å². The Kier molecular flexibility index (Phi) is 7.60. The first-order valence-electron chi connectivity index (χ1n) is 19.4. The van der Waals surface area contributed by atoms with Crippen molar-refractivity contribution < 1.29 is 0 Å². The summed E-state index contributed by atoms with van der Waals surface area (Å²) in [6, 6.07) is 80.5. The minimum absolute atomic E-state index is 1.20. The summed E-state index contributed by atoms with van der Waals surface area (Å²) in [6.45, 7) is 0. The average molecular weight is 709 g/mol. The molecule has 0 aliphatic rings. The first kappa shape index (κ1) is 32.2. The molecule has 0 radical (unpaired) electrons. The Hall–Kier alpha value is -7.28. The molecule has 0 spiro atoms. The van der Waals surface area contributed by atoms with Gasteiger partial charge in [-0.15, -0.1) is 0 Å². The van der Waals surface area contributed by atoms with Crippen molar-refractivity contribution in [1.29, 1.82) is 0 Å². The maximum Gasteiger partial charge on any atom is -0.00139 e. The molecule has 0 bridgehead atoms. The number of hydrogen-bond donors (Lipinski definition) is 0. The molecule has 0 aliphatic heterocycles. The van der Waals surface area contributed by atoms with E-state index in [2.05, 4.69) is 218 Å². The topological polar surface area (TPSA) is 0 Å². The Balaban J connectivity index is 1.23. The van der Waals surface area contributed by atoms with Crippen molar-refractivity contribution in [3.8, 4) is 55.6 Å². The van der Waals surface area contributed by atoms with Gasteiger partial charge in [-0.25, -0.2) is 0 Å². The molecular weight excluding hydrogens is 673 g/mol. The first-order chi connectivity index (χ1) is 27.8. The van der Waals surface area contributed by atoms with Gasteiger partial charge in [-0.3, -0.25) is 0 Å². The van der Waals surface area contributed by atoms with Crippen LogP contribution < -0.4 is 0 Å². The molecular formula is C56H36. The highest BCUT2D eigenvalue weighted by atomic mass is 14.2. The molecule has 0 aromatic heterocycles. The van der Waals surface area contributed by atoms with Crippen LogP contribution in [0, 0.1) is 0 Å². The predicted octanol–water partition coefficient (Wildman–Crippen LogP) is 15.8. The van der Waals surface area contributed by atoms with Gasteiger partial charge in [0, 0.05) is 0 Å². The van der Waals surface area contributed by atoms with Crippen molar-refractivity contribution in [2.45, 2.75) is 0 Å². The fourth-order valence-electron chi connectivity index (χ4n) is 9.10. The minimum Gasteiger partial charge on any atom is -0.0616 e. The maximum absolute atomic E-state index is 2.34. The summed E-state index contributed by atoms with van der Waals surface area (Å²) in [6.07, 6.45) is 0. The standard InChI is InChI=1S/C56H36/c1-2-17-42-36-43(35-30-37(42)14-1)47-22-7-8-23-50(47)56-52-25-10-9-24-51(52)54(49-28-12-19-39-16-4-6-21-46(39)49)53-29-13-27-48(55(53)56)41-33-31-40(32-34-41)45-26-11-18-38-15-3-5-20-44(38)45/h1-36H. The molecule has 0 saturated heterocycles. The van der Waals surface area contributed by atoms with E-state index in [1.807, 2.05) is 0 Å². The Labute approximate surface area is 326 Å². The fraction of sp³-hybridized carbons (Fsp3) is 0. The lowest BCUT2D eigenvalue weighted by atomic mass is 9.80. The molecule has 56 heavy (non-hydrogen) atoms. The molecule has 260 valence electrons. The van der Waals surface area contributed by atoms with Crippen LogP contribution in [-0.4, -0.2) is 0 Å². The van der Waals surface area contributed by atoms with Crippen LogP contribution in [-0.2, 0) is 0 Å². The molecule has 0 atom stereocenters. The normalized spacial score (nSPS) is 11.6. The largest absolute Gasteiger partial charge is 0.0616 e. The maximum atomic E-state index is 2.34. The summed E-state index contributed by atoms with van der Waals surface area (Å²) in [7, 11) is 0. The van der Waals surface area contributed by atoms with Crippen LogP contribution in [0.3, 0.4) is 0 Å². The Morgan fingerprint density at radius 3 is 1.34 bits per heavy atom. The Bertz CT molecular complexity index is 3280. The van der Waals surface area contributed by atoms with Gasteiger partial charge in [0.2, 0.25) is 0 Å². The van der Waals surface area contributed by atoms with Gasteiger partial charge in [-0.2, -0.15) is 0 Å². The predicted molar refractivity (Wildman–Crippen MR) is 241 cm³/mol. The smallest absolute Gasteiger partial charge is 0.00139 e. The number of benzene rings is 11. The second-order valence-electron chi connectivity index (χ2n) is 14.8. The summed E-state index contributed by atoms with van der Waals surface area (Å²) in [5.41, 5.74) is 12.3. The van der Waals surface area contributed by atoms with Gasteiger partial charge in [0.25, 0.3) is 0 Å². The van der Waals surface area contributed by atoms with Crippen molar-refractivity contribution in [3.63, 3.8) is 0 Å².